The normalized spacial score (nSPS) is 14.9. The Morgan fingerprint density at radius 1 is 1.15 bits per heavy atom. The van der Waals surface area contributed by atoms with Crippen LogP contribution in [0, 0.1) is 18.6 Å². The van der Waals surface area contributed by atoms with Crippen molar-refractivity contribution in [3.8, 4) is 11.3 Å². The predicted molar refractivity (Wildman–Crippen MR) is 118 cm³/mol. The van der Waals surface area contributed by atoms with Crippen LogP contribution in [0.15, 0.2) is 58.0 Å². The minimum Gasteiger partial charge on any atom is -0.360 e. The van der Waals surface area contributed by atoms with Crippen molar-refractivity contribution in [2.24, 2.45) is 0 Å². The second kappa shape index (κ2) is 9.37. The quantitative estimate of drug-likeness (QED) is 0.538. The third-order valence-electron chi connectivity index (χ3n) is 4.89. The molecule has 1 aromatic heterocycles. The Bertz CT molecular complexity index is 1270. The summed E-state index contributed by atoms with van der Waals surface area (Å²) in [6.07, 6.45) is 1.33. The van der Waals surface area contributed by atoms with Crippen LogP contribution in [0.5, 0.6) is 0 Å². The number of aromatic nitrogens is 1. The first-order chi connectivity index (χ1) is 15.8. The summed E-state index contributed by atoms with van der Waals surface area (Å²) in [5.41, 5.74) is 1.13. The van der Waals surface area contributed by atoms with E-state index in [2.05, 4.69) is 10.5 Å². The van der Waals surface area contributed by atoms with Crippen molar-refractivity contribution in [3.05, 3.63) is 82.0 Å². The van der Waals surface area contributed by atoms with Crippen LogP contribution in [0.3, 0.4) is 0 Å². The minimum atomic E-state index is -0.560. The summed E-state index contributed by atoms with van der Waals surface area (Å²) in [5, 5.41) is 6.02. The van der Waals surface area contributed by atoms with Crippen molar-refractivity contribution in [1.82, 2.24) is 15.4 Å². The van der Waals surface area contributed by atoms with Gasteiger partial charge in [-0.2, -0.15) is 0 Å². The van der Waals surface area contributed by atoms with Gasteiger partial charge in [0.2, 0.25) is 0 Å². The molecular formula is C23H17F2N3O4S. The number of carbonyl (C=O) groups excluding carboxylic acids is 3. The smallest absolute Gasteiger partial charge is 0.293 e. The second-order valence-corrected chi connectivity index (χ2v) is 8.07. The van der Waals surface area contributed by atoms with Crippen molar-refractivity contribution in [2.75, 3.05) is 13.1 Å². The highest BCUT2D eigenvalue weighted by atomic mass is 32.2. The van der Waals surface area contributed by atoms with Crippen LogP contribution in [0.25, 0.3) is 17.3 Å². The Morgan fingerprint density at radius 3 is 2.61 bits per heavy atom. The average Bonchev–Trinajstić information content (AvgIpc) is 3.30. The van der Waals surface area contributed by atoms with Crippen LogP contribution in [0.1, 0.15) is 21.7 Å². The summed E-state index contributed by atoms with van der Waals surface area (Å²) in [6, 6.07) is 11.4. The number of hydrogen-bond donors (Lipinski definition) is 1. The molecule has 0 unspecified atom stereocenters. The zero-order valence-electron chi connectivity index (χ0n) is 17.3. The lowest BCUT2D eigenvalue weighted by atomic mass is 10.1. The minimum absolute atomic E-state index is 0.0165. The van der Waals surface area contributed by atoms with Gasteiger partial charge in [0.05, 0.1) is 4.91 Å². The highest BCUT2D eigenvalue weighted by molar-refractivity contribution is 8.18. The standard InChI is InChI=1S/C23H17F2N3O4S/c1-13-19(20(27-32-13)14-6-8-16(24)9-7-14)21(29)26-10-11-28-22(30)18(33-23(28)31)12-15-4-2-3-5-17(15)25/h2-9,12H,10-11H2,1H3,(H,26,29)/b18-12-. The van der Waals surface area contributed by atoms with Crippen LogP contribution in [-0.2, 0) is 4.79 Å². The maximum Gasteiger partial charge on any atom is 0.293 e. The van der Waals surface area contributed by atoms with Crippen molar-refractivity contribution >= 4 is 34.9 Å². The zero-order chi connectivity index (χ0) is 23.5. The van der Waals surface area contributed by atoms with Crippen molar-refractivity contribution < 1.29 is 27.7 Å². The van der Waals surface area contributed by atoms with E-state index in [0.29, 0.717) is 17.3 Å². The van der Waals surface area contributed by atoms with Crippen LogP contribution < -0.4 is 5.32 Å². The van der Waals surface area contributed by atoms with Gasteiger partial charge in [0.1, 0.15) is 28.7 Å². The monoisotopic (exact) mass is 469 g/mol. The molecule has 0 bridgehead atoms. The van der Waals surface area contributed by atoms with Gasteiger partial charge in [0.25, 0.3) is 17.1 Å². The number of rotatable bonds is 6. The molecule has 7 nitrogen and oxygen atoms in total. The topological polar surface area (TPSA) is 92.5 Å². The summed E-state index contributed by atoms with van der Waals surface area (Å²) in [4.78, 5) is 38.7. The third kappa shape index (κ3) is 4.70. The molecule has 0 saturated carbocycles. The molecule has 0 radical (unpaired) electrons. The van der Waals surface area contributed by atoms with E-state index in [1.807, 2.05) is 0 Å². The fourth-order valence-electron chi connectivity index (χ4n) is 3.24. The Hall–Kier alpha value is -3.79. The third-order valence-corrected chi connectivity index (χ3v) is 5.80. The van der Waals surface area contributed by atoms with E-state index in [9.17, 15) is 23.2 Å². The number of amides is 3. The Morgan fingerprint density at radius 2 is 1.88 bits per heavy atom. The number of hydrogen-bond acceptors (Lipinski definition) is 6. The number of carbonyl (C=O) groups is 3. The number of aryl methyl sites for hydroxylation is 1. The number of thioether (sulfide) groups is 1. The lowest BCUT2D eigenvalue weighted by molar-refractivity contribution is -0.122. The first-order valence-electron chi connectivity index (χ1n) is 9.85. The largest absolute Gasteiger partial charge is 0.360 e. The maximum absolute atomic E-state index is 13.9. The van der Waals surface area contributed by atoms with Gasteiger partial charge in [-0.05, 0) is 55.1 Å². The molecule has 0 aliphatic carbocycles. The molecule has 4 rings (SSSR count). The lowest BCUT2D eigenvalue weighted by Crippen LogP contribution is -2.37. The fourth-order valence-corrected chi connectivity index (χ4v) is 4.10. The Balaban J connectivity index is 1.42. The molecule has 3 aromatic rings. The summed E-state index contributed by atoms with van der Waals surface area (Å²) in [5.74, 6) is -1.73. The Kier molecular flexibility index (Phi) is 6.36. The van der Waals surface area contributed by atoms with Crippen molar-refractivity contribution in [2.45, 2.75) is 6.92 Å². The van der Waals surface area contributed by atoms with Gasteiger partial charge in [0.15, 0.2) is 0 Å². The van der Waals surface area contributed by atoms with E-state index in [1.54, 1.807) is 13.0 Å². The molecular weight excluding hydrogens is 452 g/mol. The van der Waals surface area contributed by atoms with E-state index in [1.165, 1.54) is 48.5 Å². The van der Waals surface area contributed by atoms with Crippen molar-refractivity contribution in [1.29, 1.82) is 0 Å². The van der Waals surface area contributed by atoms with Crippen molar-refractivity contribution in [3.63, 3.8) is 0 Å². The van der Waals surface area contributed by atoms with Crippen LogP contribution in [-0.4, -0.2) is 40.2 Å². The summed E-state index contributed by atoms with van der Waals surface area (Å²) in [7, 11) is 0. The predicted octanol–water partition coefficient (Wildman–Crippen LogP) is 4.39. The lowest BCUT2D eigenvalue weighted by Gasteiger charge is -2.13. The summed E-state index contributed by atoms with van der Waals surface area (Å²) < 4.78 is 32.2. The molecule has 1 aliphatic heterocycles. The number of benzene rings is 2. The first kappa shape index (κ1) is 22.4. The van der Waals surface area contributed by atoms with Crippen LogP contribution in [0.4, 0.5) is 13.6 Å². The number of imide groups is 1. The number of nitrogens with one attached hydrogen (secondary N) is 1. The molecule has 1 saturated heterocycles. The van der Waals surface area contributed by atoms with Gasteiger partial charge in [0, 0.05) is 24.2 Å². The van der Waals surface area contributed by atoms with Gasteiger partial charge in [-0.15, -0.1) is 0 Å². The van der Waals surface area contributed by atoms with Gasteiger partial charge < -0.3 is 9.84 Å². The zero-order valence-corrected chi connectivity index (χ0v) is 18.1. The molecule has 168 valence electrons. The molecule has 33 heavy (non-hydrogen) atoms. The van der Waals surface area contributed by atoms with E-state index in [4.69, 9.17) is 4.52 Å². The van der Waals surface area contributed by atoms with E-state index >= 15 is 0 Å². The molecule has 3 amide bonds. The molecule has 10 heteroatoms. The average molecular weight is 469 g/mol. The van der Waals surface area contributed by atoms with E-state index < -0.39 is 28.7 Å². The van der Waals surface area contributed by atoms with Gasteiger partial charge in [-0.1, -0.05) is 23.4 Å². The maximum atomic E-state index is 13.9. The van der Waals surface area contributed by atoms with Gasteiger partial charge >= 0.3 is 0 Å². The fraction of sp³-hybridized carbons (Fsp3) is 0.130. The van der Waals surface area contributed by atoms with Crippen LogP contribution in [0.2, 0.25) is 0 Å². The molecule has 1 aliphatic rings. The molecule has 1 fully saturated rings. The summed E-state index contributed by atoms with van der Waals surface area (Å²) in [6.45, 7) is 1.48. The summed E-state index contributed by atoms with van der Waals surface area (Å²) >= 11 is 0.709. The molecule has 0 atom stereocenters. The highest BCUT2D eigenvalue weighted by Gasteiger charge is 2.35. The number of nitrogens with zero attached hydrogens (tertiary/aromatic N) is 2. The molecule has 0 spiro atoms. The molecule has 2 aromatic carbocycles. The van der Waals surface area contributed by atoms with Gasteiger partial charge in [-0.3, -0.25) is 19.3 Å². The van der Waals surface area contributed by atoms with Gasteiger partial charge in [-0.25, -0.2) is 8.78 Å². The second-order valence-electron chi connectivity index (χ2n) is 7.08. The van der Waals surface area contributed by atoms with Crippen LogP contribution >= 0.6 is 11.8 Å². The number of halogens is 2. The SMILES string of the molecule is Cc1onc(-c2ccc(F)cc2)c1C(=O)NCCN1C(=O)S/C(=C\c2ccccc2F)C1=O. The van der Waals surface area contributed by atoms with E-state index in [0.717, 1.165) is 4.90 Å². The molecule has 2 heterocycles. The van der Waals surface area contributed by atoms with E-state index in [-0.39, 0.29) is 40.6 Å². The Labute approximate surface area is 191 Å². The highest BCUT2D eigenvalue weighted by Crippen LogP contribution is 2.32. The molecule has 1 N–H and O–H groups in total. The first-order valence-corrected chi connectivity index (χ1v) is 10.7.